The Morgan fingerprint density at radius 1 is 1.16 bits per heavy atom. The number of rotatable bonds is 1. The molecule has 1 aromatic heterocycles. The van der Waals surface area contributed by atoms with Gasteiger partial charge in [-0.1, -0.05) is 28.1 Å². The molecule has 2 aliphatic heterocycles. The molecule has 0 N–H and O–H groups in total. The van der Waals surface area contributed by atoms with E-state index in [9.17, 15) is 0 Å². The van der Waals surface area contributed by atoms with Crippen LogP contribution in [0, 0.1) is 0 Å². The molecule has 1 aromatic carbocycles. The quantitative estimate of drug-likeness (QED) is 0.750. The number of para-hydroxylation sites is 2. The molecule has 0 radical (unpaired) electrons. The third-order valence-electron chi connectivity index (χ3n) is 4.67. The van der Waals surface area contributed by atoms with Crippen molar-refractivity contribution in [1.29, 1.82) is 0 Å². The maximum absolute atomic E-state index is 4.88. The first-order valence-electron chi connectivity index (χ1n) is 7.08. The van der Waals surface area contributed by atoms with Gasteiger partial charge in [0, 0.05) is 24.0 Å². The van der Waals surface area contributed by atoms with Crippen molar-refractivity contribution in [2.24, 2.45) is 7.05 Å². The summed E-state index contributed by atoms with van der Waals surface area (Å²) in [6.45, 7) is 0. The van der Waals surface area contributed by atoms with Crippen molar-refractivity contribution in [2.75, 3.05) is 4.90 Å². The molecule has 3 nitrogen and oxygen atoms in total. The minimum atomic E-state index is 0.665. The highest BCUT2D eigenvalue weighted by molar-refractivity contribution is 9.09. The maximum Gasteiger partial charge on any atom is 0.206 e. The number of imidazole rings is 1. The fourth-order valence-electron chi connectivity index (χ4n) is 3.80. The zero-order chi connectivity index (χ0) is 13.0. The van der Waals surface area contributed by atoms with Gasteiger partial charge in [0.05, 0.1) is 11.0 Å². The van der Waals surface area contributed by atoms with Crippen molar-refractivity contribution in [3.63, 3.8) is 0 Å². The highest BCUT2D eigenvalue weighted by Crippen LogP contribution is 2.41. The molecule has 2 unspecified atom stereocenters. The first kappa shape index (κ1) is 11.8. The summed E-state index contributed by atoms with van der Waals surface area (Å²) in [5.41, 5.74) is 2.35. The number of alkyl halides is 1. The van der Waals surface area contributed by atoms with Crippen LogP contribution in [-0.2, 0) is 7.05 Å². The molecule has 3 heterocycles. The number of hydrogen-bond donors (Lipinski definition) is 0. The number of piperidine rings is 1. The van der Waals surface area contributed by atoms with Gasteiger partial charge >= 0.3 is 0 Å². The molecule has 2 aliphatic rings. The second-order valence-corrected chi connectivity index (χ2v) is 7.12. The van der Waals surface area contributed by atoms with Gasteiger partial charge in [0.15, 0.2) is 0 Å². The Bertz CT molecular complexity index is 607. The lowest BCUT2D eigenvalue weighted by Gasteiger charge is -2.37. The van der Waals surface area contributed by atoms with Crippen molar-refractivity contribution >= 4 is 32.9 Å². The molecule has 4 heteroatoms. The molecule has 2 fully saturated rings. The molecule has 2 aromatic rings. The maximum atomic E-state index is 4.88. The lowest BCUT2D eigenvalue weighted by atomic mass is 10.0. The van der Waals surface area contributed by atoms with Crippen LogP contribution in [0.2, 0.25) is 0 Å². The summed E-state index contributed by atoms with van der Waals surface area (Å²) in [6.07, 6.45) is 5.13. The largest absolute Gasteiger partial charge is 0.336 e. The van der Waals surface area contributed by atoms with Gasteiger partial charge in [0.25, 0.3) is 0 Å². The van der Waals surface area contributed by atoms with E-state index in [4.69, 9.17) is 4.98 Å². The lowest BCUT2D eigenvalue weighted by molar-refractivity contribution is 0.471. The molecule has 2 bridgehead atoms. The van der Waals surface area contributed by atoms with Crippen molar-refractivity contribution < 1.29 is 0 Å². The van der Waals surface area contributed by atoms with Crippen LogP contribution in [0.15, 0.2) is 24.3 Å². The summed E-state index contributed by atoms with van der Waals surface area (Å²) < 4.78 is 2.26. The topological polar surface area (TPSA) is 21.1 Å². The smallest absolute Gasteiger partial charge is 0.206 e. The van der Waals surface area contributed by atoms with Gasteiger partial charge < -0.3 is 9.47 Å². The van der Waals surface area contributed by atoms with Crippen molar-refractivity contribution in [2.45, 2.75) is 42.6 Å². The Hall–Kier alpha value is -1.03. The van der Waals surface area contributed by atoms with Crippen LogP contribution in [0.25, 0.3) is 11.0 Å². The van der Waals surface area contributed by atoms with Gasteiger partial charge in [0.1, 0.15) is 0 Å². The third kappa shape index (κ3) is 1.72. The molecule has 2 saturated heterocycles. The highest BCUT2D eigenvalue weighted by atomic mass is 79.9. The Labute approximate surface area is 121 Å². The van der Waals surface area contributed by atoms with Crippen molar-refractivity contribution in [3.8, 4) is 0 Å². The van der Waals surface area contributed by atoms with Gasteiger partial charge in [-0.3, -0.25) is 0 Å². The Balaban J connectivity index is 1.81. The molecule has 2 atom stereocenters. The highest BCUT2D eigenvalue weighted by Gasteiger charge is 2.41. The van der Waals surface area contributed by atoms with E-state index < -0.39 is 0 Å². The summed E-state index contributed by atoms with van der Waals surface area (Å²) >= 11 is 3.81. The average Bonchev–Trinajstić information content (AvgIpc) is 2.86. The van der Waals surface area contributed by atoms with Gasteiger partial charge in [0.2, 0.25) is 5.95 Å². The molecule has 0 amide bonds. The summed E-state index contributed by atoms with van der Waals surface area (Å²) in [5.74, 6) is 1.16. The van der Waals surface area contributed by atoms with Gasteiger partial charge in [-0.15, -0.1) is 0 Å². The molecule has 4 rings (SSSR count). The Morgan fingerprint density at radius 2 is 1.84 bits per heavy atom. The van der Waals surface area contributed by atoms with Crippen LogP contribution >= 0.6 is 15.9 Å². The van der Waals surface area contributed by atoms with E-state index in [0.29, 0.717) is 16.9 Å². The van der Waals surface area contributed by atoms with Crippen LogP contribution in [0.1, 0.15) is 25.7 Å². The predicted octanol–water partition coefficient (Wildman–Crippen LogP) is 3.47. The van der Waals surface area contributed by atoms with E-state index in [1.54, 1.807) is 0 Å². The first-order chi connectivity index (χ1) is 9.24. The molecule has 100 valence electrons. The Morgan fingerprint density at radius 3 is 2.53 bits per heavy atom. The minimum absolute atomic E-state index is 0.665. The van der Waals surface area contributed by atoms with E-state index in [1.165, 1.54) is 31.2 Å². The molecular weight excluding hydrogens is 302 g/mol. The fraction of sp³-hybridized carbons (Fsp3) is 0.533. The monoisotopic (exact) mass is 319 g/mol. The van der Waals surface area contributed by atoms with Crippen molar-refractivity contribution in [3.05, 3.63) is 24.3 Å². The zero-order valence-electron chi connectivity index (χ0n) is 11.1. The summed E-state index contributed by atoms with van der Waals surface area (Å²) in [5, 5.41) is 0. The number of benzene rings is 1. The van der Waals surface area contributed by atoms with Crippen LogP contribution < -0.4 is 4.90 Å². The number of aryl methyl sites for hydroxylation is 1. The number of hydrogen-bond acceptors (Lipinski definition) is 2. The molecule has 0 aliphatic carbocycles. The normalized spacial score (nSPS) is 30.2. The van der Waals surface area contributed by atoms with E-state index in [0.717, 1.165) is 11.5 Å². The van der Waals surface area contributed by atoms with E-state index in [1.807, 2.05) is 0 Å². The van der Waals surface area contributed by atoms with Gasteiger partial charge in [-0.25, -0.2) is 4.98 Å². The third-order valence-corrected chi connectivity index (χ3v) is 5.42. The van der Waals surface area contributed by atoms with Crippen LogP contribution in [-0.4, -0.2) is 26.5 Å². The van der Waals surface area contributed by atoms with Crippen LogP contribution in [0.3, 0.4) is 0 Å². The van der Waals surface area contributed by atoms with Crippen LogP contribution in [0.5, 0.6) is 0 Å². The number of halogens is 1. The second-order valence-electron chi connectivity index (χ2n) is 5.82. The van der Waals surface area contributed by atoms with Gasteiger partial charge in [-0.05, 0) is 37.8 Å². The Kier molecular flexibility index (Phi) is 2.62. The van der Waals surface area contributed by atoms with Crippen LogP contribution in [0.4, 0.5) is 5.95 Å². The summed E-state index contributed by atoms with van der Waals surface area (Å²) in [4.78, 5) is 8.15. The average molecular weight is 320 g/mol. The second kappa shape index (κ2) is 4.23. The van der Waals surface area contributed by atoms with E-state index in [-0.39, 0.29) is 0 Å². The minimum Gasteiger partial charge on any atom is -0.336 e. The van der Waals surface area contributed by atoms with E-state index >= 15 is 0 Å². The molecule has 0 spiro atoms. The van der Waals surface area contributed by atoms with Crippen molar-refractivity contribution in [1.82, 2.24) is 9.55 Å². The molecular formula is C15H18BrN3. The number of aromatic nitrogens is 2. The standard InChI is InChI=1S/C15H18BrN3/c1-18-14-5-3-2-4-13(14)17-15(18)19-11-6-7-12(19)9-10(16)8-11/h2-5,10-12H,6-9H2,1H3. The summed E-state index contributed by atoms with van der Waals surface area (Å²) in [6, 6.07) is 9.76. The summed E-state index contributed by atoms with van der Waals surface area (Å²) in [7, 11) is 2.14. The molecule has 19 heavy (non-hydrogen) atoms. The zero-order valence-corrected chi connectivity index (χ0v) is 12.7. The molecule has 0 saturated carbocycles. The number of anilines is 1. The number of nitrogens with zero attached hydrogens (tertiary/aromatic N) is 3. The number of fused-ring (bicyclic) bond motifs is 3. The van der Waals surface area contributed by atoms with Gasteiger partial charge in [-0.2, -0.15) is 0 Å². The predicted molar refractivity (Wildman–Crippen MR) is 82.0 cm³/mol. The van der Waals surface area contributed by atoms with E-state index in [2.05, 4.69) is 56.7 Å². The SMILES string of the molecule is Cn1c(N2C3CCC2CC(Br)C3)nc2ccccc21. The lowest BCUT2D eigenvalue weighted by Crippen LogP contribution is -2.44. The first-order valence-corrected chi connectivity index (χ1v) is 7.99. The fourth-order valence-corrected chi connectivity index (χ4v) is 4.66.